The zero-order chi connectivity index (χ0) is 12.8. The summed E-state index contributed by atoms with van der Waals surface area (Å²) in [5.41, 5.74) is 0.403. The third kappa shape index (κ3) is 8.31. The first-order chi connectivity index (χ1) is 7.17. The highest BCUT2D eigenvalue weighted by molar-refractivity contribution is 6.76. The van der Waals surface area contributed by atoms with E-state index in [9.17, 15) is 0 Å². The number of methoxy groups -OCH3 is 1. The smallest absolute Gasteiger partial charge is 0.0587 e. The van der Waals surface area contributed by atoms with Gasteiger partial charge in [0.25, 0.3) is 0 Å². The van der Waals surface area contributed by atoms with Crippen LogP contribution in [0.1, 0.15) is 20.8 Å². The summed E-state index contributed by atoms with van der Waals surface area (Å²) in [7, 11) is 0.785. The maximum Gasteiger partial charge on any atom is 0.0587 e. The second kappa shape index (κ2) is 6.77. The zero-order valence-corrected chi connectivity index (χ0v) is 13.3. The molecule has 0 aliphatic carbocycles. The Kier molecular flexibility index (Phi) is 6.83. The fraction of sp³-hybridized carbons (Fsp3) is 1.00. The highest BCUT2D eigenvalue weighted by Gasteiger charge is 2.29. The summed E-state index contributed by atoms with van der Waals surface area (Å²) in [5, 5.41) is 3.51. The predicted molar refractivity (Wildman–Crippen MR) is 75.8 cm³/mol. The van der Waals surface area contributed by atoms with Crippen molar-refractivity contribution >= 4 is 8.07 Å². The Morgan fingerprint density at radius 3 is 2.12 bits per heavy atom. The predicted octanol–water partition coefficient (Wildman–Crippen LogP) is 3.22. The van der Waals surface area contributed by atoms with Gasteiger partial charge in [0.15, 0.2) is 0 Å². The molecule has 0 aliphatic rings. The van der Waals surface area contributed by atoms with E-state index in [0.717, 1.165) is 25.6 Å². The molecule has 1 atom stereocenters. The van der Waals surface area contributed by atoms with E-state index in [0.29, 0.717) is 5.41 Å². The second-order valence-corrected chi connectivity index (χ2v) is 12.6. The van der Waals surface area contributed by atoms with Crippen LogP contribution < -0.4 is 5.32 Å². The van der Waals surface area contributed by atoms with Crippen molar-refractivity contribution in [3.8, 4) is 0 Å². The van der Waals surface area contributed by atoms with Gasteiger partial charge in [-0.15, -0.1) is 0 Å². The van der Waals surface area contributed by atoms with Crippen molar-refractivity contribution in [3.63, 3.8) is 0 Å². The number of hydrogen-bond acceptors (Lipinski definition) is 2. The Balaban J connectivity index is 4.13. The molecule has 0 saturated heterocycles. The molecular formula is C13H31NOSi. The van der Waals surface area contributed by atoms with E-state index in [1.165, 1.54) is 6.04 Å². The van der Waals surface area contributed by atoms with Crippen molar-refractivity contribution in [1.82, 2.24) is 5.32 Å². The topological polar surface area (TPSA) is 21.3 Å². The number of hydrogen-bond donors (Lipinski definition) is 1. The summed E-state index contributed by atoms with van der Waals surface area (Å²) in [6, 6.07) is 1.40. The molecule has 0 radical (unpaired) electrons. The van der Waals surface area contributed by atoms with Crippen LogP contribution in [-0.4, -0.2) is 34.9 Å². The molecule has 3 heteroatoms. The normalized spacial score (nSPS) is 15.2. The molecule has 0 aromatic heterocycles. The molecule has 1 unspecified atom stereocenters. The largest absolute Gasteiger partial charge is 0.383 e. The van der Waals surface area contributed by atoms with Crippen molar-refractivity contribution in [2.45, 2.75) is 46.5 Å². The average molecular weight is 245 g/mol. The molecule has 2 nitrogen and oxygen atoms in total. The van der Waals surface area contributed by atoms with E-state index >= 15 is 0 Å². The molecule has 16 heavy (non-hydrogen) atoms. The van der Waals surface area contributed by atoms with Gasteiger partial charge in [0, 0.05) is 21.7 Å². The van der Waals surface area contributed by atoms with Gasteiger partial charge in [0.2, 0.25) is 0 Å². The van der Waals surface area contributed by atoms with Crippen LogP contribution >= 0.6 is 0 Å². The van der Waals surface area contributed by atoms with Gasteiger partial charge in [0.1, 0.15) is 0 Å². The molecule has 0 bridgehead atoms. The van der Waals surface area contributed by atoms with Crippen LogP contribution in [0.15, 0.2) is 0 Å². The molecule has 0 rings (SSSR count). The van der Waals surface area contributed by atoms with Crippen molar-refractivity contribution in [2.24, 2.45) is 11.3 Å². The van der Waals surface area contributed by atoms with E-state index in [4.69, 9.17) is 4.74 Å². The molecule has 1 N–H and O–H groups in total. The summed E-state index contributed by atoms with van der Waals surface area (Å²) in [6.07, 6.45) is 0. The molecule has 0 fully saturated rings. The van der Waals surface area contributed by atoms with Gasteiger partial charge in [-0.2, -0.15) is 0 Å². The number of ether oxygens (including phenoxy) is 1. The number of rotatable bonds is 7. The SMILES string of the molecule is COCCNCC(C[Si](C)(C)C)C(C)(C)C. The molecule has 0 saturated carbocycles. The van der Waals surface area contributed by atoms with E-state index < -0.39 is 8.07 Å². The molecule has 0 aromatic rings. The summed E-state index contributed by atoms with van der Waals surface area (Å²) in [4.78, 5) is 0. The minimum atomic E-state index is -0.970. The minimum absolute atomic E-state index is 0.403. The third-order valence-electron chi connectivity index (χ3n) is 2.96. The lowest BCUT2D eigenvalue weighted by molar-refractivity contribution is 0.190. The molecule has 0 amide bonds. The Morgan fingerprint density at radius 2 is 1.75 bits per heavy atom. The van der Waals surface area contributed by atoms with Crippen molar-refractivity contribution in [2.75, 3.05) is 26.8 Å². The van der Waals surface area contributed by atoms with E-state index in [2.05, 4.69) is 45.7 Å². The van der Waals surface area contributed by atoms with Gasteiger partial charge in [0.05, 0.1) is 6.61 Å². The maximum atomic E-state index is 5.06. The second-order valence-electron chi connectivity index (χ2n) is 7.02. The van der Waals surface area contributed by atoms with Gasteiger partial charge < -0.3 is 10.1 Å². The molecular weight excluding hydrogens is 214 g/mol. The Labute approximate surface area is 103 Å². The Bertz CT molecular complexity index is 181. The molecule has 0 spiro atoms. The lowest BCUT2D eigenvalue weighted by atomic mass is 9.82. The van der Waals surface area contributed by atoms with Gasteiger partial charge in [-0.05, 0) is 17.9 Å². The van der Waals surface area contributed by atoms with Crippen molar-refractivity contribution < 1.29 is 4.74 Å². The third-order valence-corrected chi connectivity index (χ3v) is 4.67. The Hall–Kier alpha value is 0.137. The average Bonchev–Trinajstić information content (AvgIpc) is 2.06. The first-order valence-electron chi connectivity index (χ1n) is 6.36. The van der Waals surface area contributed by atoms with E-state index in [-0.39, 0.29) is 0 Å². The van der Waals surface area contributed by atoms with Crippen LogP contribution in [0.3, 0.4) is 0 Å². The van der Waals surface area contributed by atoms with Gasteiger partial charge in [-0.1, -0.05) is 46.5 Å². The quantitative estimate of drug-likeness (QED) is 0.549. The molecule has 0 heterocycles. The highest BCUT2D eigenvalue weighted by atomic mass is 28.3. The highest BCUT2D eigenvalue weighted by Crippen LogP contribution is 2.32. The van der Waals surface area contributed by atoms with Crippen LogP contribution in [-0.2, 0) is 4.74 Å². The van der Waals surface area contributed by atoms with Crippen LogP contribution in [0.4, 0.5) is 0 Å². The fourth-order valence-corrected chi connectivity index (χ4v) is 4.11. The fourth-order valence-electron chi connectivity index (χ4n) is 1.87. The van der Waals surface area contributed by atoms with Crippen molar-refractivity contribution in [1.29, 1.82) is 0 Å². The molecule has 0 aliphatic heterocycles. The molecule has 0 aromatic carbocycles. The Morgan fingerprint density at radius 1 is 1.19 bits per heavy atom. The first kappa shape index (κ1) is 16.1. The standard InChI is InChI=1S/C13H31NOSi/c1-13(2,3)12(11-16(5,6)7)10-14-8-9-15-4/h12,14H,8-11H2,1-7H3. The zero-order valence-electron chi connectivity index (χ0n) is 12.3. The summed E-state index contributed by atoms with van der Waals surface area (Å²) < 4.78 is 5.06. The van der Waals surface area contributed by atoms with Crippen LogP contribution in [0, 0.1) is 11.3 Å². The lowest BCUT2D eigenvalue weighted by Gasteiger charge is -2.35. The van der Waals surface area contributed by atoms with Gasteiger partial charge in [-0.3, -0.25) is 0 Å². The lowest BCUT2D eigenvalue weighted by Crippen LogP contribution is -2.38. The van der Waals surface area contributed by atoms with E-state index in [1.807, 2.05) is 0 Å². The van der Waals surface area contributed by atoms with E-state index in [1.54, 1.807) is 7.11 Å². The van der Waals surface area contributed by atoms with Crippen molar-refractivity contribution in [3.05, 3.63) is 0 Å². The minimum Gasteiger partial charge on any atom is -0.383 e. The molecule has 98 valence electrons. The number of nitrogens with one attached hydrogen (secondary N) is 1. The first-order valence-corrected chi connectivity index (χ1v) is 10.1. The van der Waals surface area contributed by atoms with Crippen LogP contribution in [0.25, 0.3) is 0 Å². The summed E-state index contributed by atoms with van der Waals surface area (Å²) in [5.74, 6) is 0.774. The van der Waals surface area contributed by atoms with Crippen LogP contribution in [0.2, 0.25) is 25.7 Å². The maximum absolute atomic E-state index is 5.06. The monoisotopic (exact) mass is 245 g/mol. The van der Waals surface area contributed by atoms with Gasteiger partial charge in [-0.25, -0.2) is 0 Å². The summed E-state index contributed by atoms with van der Waals surface area (Å²) in [6.45, 7) is 17.3. The van der Waals surface area contributed by atoms with Crippen LogP contribution in [0.5, 0.6) is 0 Å². The van der Waals surface area contributed by atoms with Gasteiger partial charge >= 0.3 is 0 Å². The summed E-state index contributed by atoms with van der Waals surface area (Å²) >= 11 is 0.